The molecule has 1 aliphatic rings. The van der Waals surface area contributed by atoms with Crippen LogP contribution in [0.4, 0.5) is 0 Å². The van der Waals surface area contributed by atoms with Crippen LogP contribution in [0.5, 0.6) is 0 Å². The molecule has 0 spiro atoms. The first-order chi connectivity index (χ1) is 12.0. The molecule has 4 rings (SSSR count). The summed E-state index contributed by atoms with van der Waals surface area (Å²) in [7, 11) is 2.16. The number of fused-ring (bicyclic) bond motifs is 3. The van der Waals surface area contributed by atoms with Gasteiger partial charge in [0.15, 0.2) is 0 Å². The van der Waals surface area contributed by atoms with Crippen molar-refractivity contribution in [1.82, 2.24) is 19.8 Å². The van der Waals surface area contributed by atoms with Crippen molar-refractivity contribution in [2.75, 3.05) is 26.7 Å². The van der Waals surface area contributed by atoms with Gasteiger partial charge in [-0.15, -0.1) is 0 Å². The number of aromatic nitrogens is 2. The predicted molar refractivity (Wildman–Crippen MR) is 102 cm³/mol. The van der Waals surface area contributed by atoms with E-state index in [0.717, 1.165) is 35.9 Å². The minimum Gasteiger partial charge on any atom is -0.449 e. The smallest absolute Gasteiger partial charge is 0.294 e. The number of hydrogen-bond donors (Lipinski definition) is 1. The molecule has 0 aliphatic carbocycles. The zero-order valence-corrected chi connectivity index (χ0v) is 16.0. The van der Waals surface area contributed by atoms with Crippen LogP contribution in [0.25, 0.3) is 22.1 Å². The van der Waals surface area contributed by atoms with Gasteiger partial charge in [-0.05, 0) is 38.2 Å². The van der Waals surface area contributed by atoms with Gasteiger partial charge in [0.25, 0.3) is 5.56 Å². The second-order valence-corrected chi connectivity index (χ2v) is 7.60. The third-order valence-corrected chi connectivity index (χ3v) is 5.57. The standard InChI is InChI=1S/C18H21BrN4O2/c1-3-22(2)12-6-7-23(9-12)10-15-20-16-13-8-11(19)4-5-14(13)25-17(16)18(24)21-15/h4-5,8,12H,3,6-7,9-10H2,1-2H3,(H,20,21,24)/t12-/m0/s1. The largest absolute Gasteiger partial charge is 0.449 e. The Balaban J connectivity index is 1.66. The van der Waals surface area contributed by atoms with E-state index in [2.05, 4.69) is 44.7 Å². The summed E-state index contributed by atoms with van der Waals surface area (Å²) in [6, 6.07) is 6.27. The van der Waals surface area contributed by atoms with Crippen LogP contribution >= 0.6 is 15.9 Å². The summed E-state index contributed by atoms with van der Waals surface area (Å²) in [4.78, 5) is 24.7. The molecule has 1 aliphatic heterocycles. The minimum atomic E-state index is -0.214. The predicted octanol–water partition coefficient (Wildman–Crippen LogP) is 2.96. The zero-order valence-electron chi connectivity index (χ0n) is 14.4. The van der Waals surface area contributed by atoms with Crippen molar-refractivity contribution in [1.29, 1.82) is 0 Å². The highest BCUT2D eigenvalue weighted by molar-refractivity contribution is 9.10. The summed E-state index contributed by atoms with van der Waals surface area (Å²) < 4.78 is 6.62. The summed E-state index contributed by atoms with van der Waals surface area (Å²) in [5.74, 6) is 0.694. The lowest BCUT2D eigenvalue weighted by Crippen LogP contribution is -2.34. The number of aromatic amines is 1. The molecular weight excluding hydrogens is 384 g/mol. The molecule has 0 amide bonds. The van der Waals surface area contributed by atoms with E-state index in [0.29, 0.717) is 35.1 Å². The Morgan fingerprint density at radius 1 is 1.48 bits per heavy atom. The normalized spacial score (nSPS) is 18.8. The highest BCUT2D eigenvalue weighted by Crippen LogP contribution is 2.28. The Morgan fingerprint density at radius 2 is 2.32 bits per heavy atom. The summed E-state index contributed by atoms with van der Waals surface area (Å²) >= 11 is 3.47. The average Bonchev–Trinajstić information content (AvgIpc) is 3.19. The first-order valence-electron chi connectivity index (χ1n) is 8.58. The van der Waals surface area contributed by atoms with E-state index in [9.17, 15) is 4.79 Å². The molecule has 0 saturated carbocycles. The minimum absolute atomic E-state index is 0.214. The van der Waals surface area contributed by atoms with Crippen LogP contribution < -0.4 is 5.56 Å². The van der Waals surface area contributed by atoms with Gasteiger partial charge in [-0.3, -0.25) is 9.69 Å². The van der Waals surface area contributed by atoms with Gasteiger partial charge in [-0.1, -0.05) is 22.9 Å². The van der Waals surface area contributed by atoms with E-state index in [1.807, 2.05) is 18.2 Å². The van der Waals surface area contributed by atoms with Crippen molar-refractivity contribution in [3.63, 3.8) is 0 Å². The van der Waals surface area contributed by atoms with Crippen molar-refractivity contribution in [2.45, 2.75) is 25.9 Å². The van der Waals surface area contributed by atoms with Gasteiger partial charge in [-0.2, -0.15) is 0 Å². The lowest BCUT2D eigenvalue weighted by molar-refractivity contribution is 0.236. The monoisotopic (exact) mass is 404 g/mol. The molecule has 0 radical (unpaired) electrons. The number of halogens is 1. The number of hydrogen-bond acceptors (Lipinski definition) is 5. The van der Waals surface area contributed by atoms with Crippen LogP contribution in [0.3, 0.4) is 0 Å². The Hall–Kier alpha value is -1.70. The Morgan fingerprint density at radius 3 is 3.12 bits per heavy atom. The molecule has 25 heavy (non-hydrogen) atoms. The van der Waals surface area contributed by atoms with Crippen LogP contribution in [-0.2, 0) is 6.54 Å². The first-order valence-corrected chi connectivity index (χ1v) is 9.38. The first kappa shape index (κ1) is 16.8. The molecule has 1 fully saturated rings. The van der Waals surface area contributed by atoms with Crippen LogP contribution in [0.1, 0.15) is 19.2 Å². The summed E-state index contributed by atoms with van der Waals surface area (Å²) in [6.07, 6.45) is 1.15. The third kappa shape index (κ3) is 3.12. The molecule has 0 bridgehead atoms. The number of nitrogens with zero attached hydrogens (tertiary/aromatic N) is 3. The SMILES string of the molecule is CCN(C)[C@H]1CCN(Cc2nc3c(oc4ccc(Br)cc43)c(=O)[nH]2)C1. The number of benzene rings is 1. The molecule has 1 aromatic carbocycles. The Labute approximate surface area is 153 Å². The highest BCUT2D eigenvalue weighted by atomic mass is 79.9. The van der Waals surface area contributed by atoms with E-state index in [4.69, 9.17) is 9.40 Å². The molecule has 6 nitrogen and oxygen atoms in total. The third-order valence-electron chi connectivity index (χ3n) is 5.08. The fourth-order valence-electron chi connectivity index (χ4n) is 3.53. The average molecular weight is 405 g/mol. The van der Waals surface area contributed by atoms with Crippen molar-refractivity contribution in [2.24, 2.45) is 0 Å². The van der Waals surface area contributed by atoms with Gasteiger partial charge in [0.1, 0.15) is 16.9 Å². The topological polar surface area (TPSA) is 65.4 Å². The number of likely N-dealkylation sites (tertiary alicyclic amines) is 1. The van der Waals surface area contributed by atoms with Crippen LogP contribution in [0.2, 0.25) is 0 Å². The summed E-state index contributed by atoms with van der Waals surface area (Å²) in [5.41, 5.74) is 1.39. The zero-order chi connectivity index (χ0) is 17.6. The number of likely N-dealkylation sites (N-methyl/N-ethyl adjacent to an activating group) is 1. The van der Waals surface area contributed by atoms with Crippen LogP contribution in [-0.4, -0.2) is 52.5 Å². The molecule has 132 valence electrons. The van der Waals surface area contributed by atoms with E-state index in [1.54, 1.807) is 0 Å². The fourth-order valence-corrected chi connectivity index (χ4v) is 3.89. The lowest BCUT2D eigenvalue weighted by atomic mass is 10.2. The van der Waals surface area contributed by atoms with Crippen molar-refractivity contribution < 1.29 is 4.42 Å². The van der Waals surface area contributed by atoms with E-state index in [1.165, 1.54) is 0 Å². The molecule has 3 heterocycles. The van der Waals surface area contributed by atoms with E-state index < -0.39 is 0 Å². The van der Waals surface area contributed by atoms with Gasteiger partial charge in [-0.25, -0.2) is 4.98 Å². The second kappa shape index (κ2) is 6.55. The summed E-state index contributed by atoms with van der Waals surface area (Å²) in [6.45, 7) is 5.91. The number of furan rings is 1. The highest BCUT2D eigenvalue weighted by Gasteiger charge is 2.25. The maximum absolute atomic E-state index is 12.4. The number of H-pyrrole nitrogens is 1. The van der Waals surface area contributed by atoms with Crippen LogP contribution in [0, 0.1) is 0 Å². The molecule has 2 aromatic heterocycles. The maximum atomic E-state index is 12.4. The quantitative estimate of drug-likeness (QED) is 0.723. The second-order valence-electron chi connectivity index (χ2n) is 6.68. The van der Waals surface area contributed by atoms with Crippen LogP contribution in [0.15, 0.2) is 31.9 Å². The van der Waals surface area contributed by atoms with Gasteiger partial charge in [0.05, 0.1) is 6.54 Å². The van der Waals surface area contributed by atoms with Gasteiger partial charge in [0, 0.05) is 29.0 Å². The molecular formula is C18H21BrN4O2. The lowest BCUT2D eigenvalue weighted by Gasteiger charge is -2.22. The maximum Gasteiger partial charge on any atom is 0.294 e. The van der Waals surface area contributed by atoms with Gasteiger partial charge < -0.3 is 14.3 Å². The van der Waals surface area contributed by atoms with E-state index in [-0.39, 0.29) is 5.56 Å². The van der Waals surface area contributed by atoms with Gasteiger partial charge >= 0.3 is 0 Å². The fraction of sp³-hybridized carbons (Fsp3) is 0.444. The van der Waals surface area contributed by atoms with Crippen molar-refractivity contribution in [3.05, 3.63) is 38.9 Å². The molecule has 1 N–H and O–H groups in total. The molecule has 1 atom stereocenters. The molecule has 7 heteroatoms. The van der Waals surface area contributed by atoms with E-state index >= 15 is 0 Å². The van der Waals surface area contributed by atoms with Gasteiger partial charge in [0.2, 0.25) is 5.58 Å². The Kier molecular flexibility index (Phi) is 4.39. The van der Waals surface area contributed by atoms with Crippen molar-refractivity contribution >= 4 is 38.0 Å². The number of nitrogens with one attached hydrogen (secondary N) is 1. The molecule has 0 unspecified atom stereocenters. The Bertz CT molecular complexity index is 980. The molecule has 1 saturated heterocycles. The molecule has 3 aromatic rings. The number of rotatable bonds is 4. The summed E-state index contributed by atoms with van der Waals surface area (Å²) in [5, 5.41) is 0.863. The van der Waals surface area contributed by atoms with Crippen molar-refractivity contribution in [3.8, 4) is 0 Å².